The Morgan fingerprint density at radius 2 is 1.83 bits per heavy atom. The van der Waals surface area contributed by atoms with Crippen molar-refractivity contribution in [3.63, 3.8) is 0 Å². The predicted molar refractivity (Wildman–Crippen MR) is 115 cm³/mol. The summed E-state index contributed by atoms with van der Waals surface area (Å²) >= 11 is 0. The smallest absolute Gasteiger partial charge is 0.254 e. The molecule has 2 aliphatic heterocycles. The third-order valence-electron chi connectivity index (χ3n) is 6.32. The molecule has 2 amide bonds. The van der Waals surface area contributed by atoms with Crippen LogP contribution in [0, 0.1) is 18.8 Å². The van der Waals surface area contributed by atoms with Gasteiger partial charge >= 0.3 is 0 Å². The molecule has 0 aliphatic carbocycles. The van der Waals surface area contributed by atoms with Crippen molar-refractivity contribution in [3.8, 4) is 5.75 Å². The number of hydrogen-bond acceptors (Lipinski definition) is 4. The van der Waals surface area contributed by atoms with Crippen LogP contribution in [0.1, 0.15) is 27.5 Å². The zero-order chi connectivity index (χ0) is 21.4. The van der Waals surface area contributed by atoms with Crippen LogP contribution in [-0.4, -0.2) is 71.9 Å². The van der Waals surface area contributed by atoms with Gasteiger partial charge in [0.1, 0.15) is 5.75 Å². The zero-order valence-corrected chi connectivity index (χ0v) is 17.8. The monoisotopic (exact) mass is 407 g/mol. The standard InChI is InChI=1S/C24H29N3O3/c1-16-7-4-5-10-20(16)23-21-14-26(24(30)17-8-6-9-19(28)11-17)12-18(21)13-27(23)22(29)15-25(2)3/h4-11,18,21,23,28H,12-15H2,1-3H3/t18-,21-,23+/m1/s1. The van der Waals surface area contributed by atoms with Gasteiger partial charge in [-0.1, -0.05) is 30.3 Å². The van der Waals surface area contributed by atoms with Gasteiger partial charge in [-0.15, -0.1) is 0 Å². The third-order valence-corrected chi connectivity index (χ3v) is 6.32. The Morgan fingerprint density at radius 3 is 2.53 bits per heavy atom. The number of fused-ring (bicyclic) bond motifs is 1. The van der Waals surface area contributed by atoms with Crippen LogP contribution in [0.4, 0.5) is 0 Å². The number of aryl methyl sites for hydroxylation is 1. The van der Waals surface area contributed by atoms with Gasteiger partial charge in [-0.25, -0.2) is 0 Å². The summed E-state index contributed by atoms with van der Waals surface area (Å²) in [7, 11) is 3.82. The Balaban J connectivity index is 1.61. The lowest BCUT2D eigenvalue weighted by atomic mass is 9.87. The van der Waals surface area contributed by atoms with E-state index in [4.69, 9.17) is 0 Å². The second kappa shape index (κ2) is 8.11. The van der Waals surface area contributed by atoms with Crippen LogP contribution in [0.3, 0.4) is 0 Å². The second-order valence-corrected chi connectivity index (χ2v) is 8.77. The Kier molecular flexibility index (Phi) is 5.52. The number of likely N-dealkylation sites (N-methyl/N-ethyl adjacent to an activating group) is 1. The number of nitrogens with zero attached hydrogens (tertiary/aromatic N) is 3. The number of benzene rings is 2. The van der Waals surface area contributed by atoms with Crippen molar-refractivity contribution in [2.24, 2.45) is 11.8 Å². The summed E-state index contributed by atoms with van der Waals surface area (Å²) in [6.45, 7) is 4.38. The summed E-state index contributed by atoms with van der Waals surface area (Å²) in [5.41, 5.74) is 2.84. The van der Waals surface area contributed by atoms with Crippen molar-refractivity contribution in [2.45, 2.75) is 13.0 Å². The molecule has 2 saturated heterocycles. The minimum absolute atomic E-state index is 0.0226. The van der Waals surface area contributed by atoms with E-state index in [1.807, 2.05) is 40.9 Å². The number of likely N-dealkylation sites (tertiary alicyclic amines) is 2. The predicted octanol–water partition coefficient (Wildman–Crippen LogP) is 2.53. The fourth-order valence-electron chi connectivity index (χ4n) is 4.97. The van der Waals surface area contributed by atoms with E-state index in [1.54, 1.807) is 18.2 Å². The Labute approximate surface area is 177 Å². The molecule has 30 heavy (non-hydrogen) atoms. The van der Waals surface area contributed by atoms with Crippen LogP contribution in [-0.2, 0) is 4.79 Å². The number of carbonyl (C=O) groups is 2. The van der Waals surface area contributed by atoms with E-state index in [9.17, 15) is 14.7 Å². The van der Waals surface area contributed by atoms with E-state index in [0.29, 0.717) is 31.7 Å². The molecule has 0 saturated carbocycles. The van der Waals surface area contributed by atoms with Gasteiger partial charge in [-0.2, -0.15) is 0 Å². The molecule has 2 aromatic carbocycles. The Bertz CT molecular complexity index is 958. The molecule has 6 heteroatoms. The van der Waals surface area contributed by atoms with Gasteiger partial charge < -0.3 is 19.8 Å². The summed E-state index contributed by atoms with van der Waals surface area (Å²) < 4.78 is 0. The van der Waals surface area contributed by atoms with Gasteiger partial charge in [0, 0.05) is 37.0 Å². The molecule has 0 radical (unpaired) electrons. The van der Waals surface area contributed by atoms with Crippen LogP contribution in [0.2, 0.25) is 0 Å². The molecular weight excluding hydrogens is 378 g/mol. The van der Waals surface area contributed by atoms with E-state index < -0.39 is 0 Å². The summed E-state index contributed by atoms with van der Waals surface area (Å²) in [5.74, 6) is 0.627. The lowest BCUT2D eigenvalue weighted by Gasteiger charge is -2.31. The number of hydrogen-bond donors (Lipinski definition) is 1. The molecule has 158 valence electrons. The average molecular weight is 408 g/mol. The van der Waals surface area contributed by atoms with Crippen molar-refractivity contribution in [3.05, 3.63) is 65.2 Å². The molecule has 0 spiro atoms. The third kappa shape index (κ3) is 3.79. The summed E-state index contributed by atoms with van der Waals surface area (Å²) in [6, 6.07) is 14.7. The highest BCUT2D eigenvalue weighted by Gasteiger charge is 2.50. The van der Waals surface area contributed by atoms with Crippen LogP contribution in [0.25, 0.3) is 0 Å². The minimum Gasteiger partial charge on any atom is -0.508 e. The second-order valence-electron chi connectivity index (χ2n) is 8.77. The van der Waals surface area contributed by atoms with E-state index in [-0.39, 0.29) is 35.4 Å². The average Bonchev–Trinajstić information content (AvgIpc) is 3.25. The van der Waals surface area contributed by atoms with E-state index in [1.165, 1.54) is 17.2 Å². The zero-order valence-electron chi connectivity index (χ0n) is 17.8. The molecule has 3 atom stereocenters. The van der Waals surface area contributed by atoms with Crippen molar-refractivity contribution in [2.75, 3.05) is 40.3 Å². The van der Waals surface area contributed by atoms with Crippen LogP contribution in [0.15, 0.2) is 48.5 Å². The SMILES string of the molecule is Cc1ccccc1[C@H]1[C@@H]2CN(C(=O)c3cccc(O)c3)C[C@@H]2CN1C(=O)CN(C)C. The number of aromatic hydroxyl groups is 1. The lowest BCUT2D eigenvalue weighted by molar-refractivity contribution is -0.133. The van der Waals surface area contributed by atoms with Gasteiger partial charge in [0.2, 0.25) is 5.91 Å². The Hall–Kier alpha value is -2.86. The molecule has 2 aromatic rings. The lowest BCUT2D eigenvalue weighted by Crippen LogP contribution is -2.41. The number of phenolic OH excluding ortho intramolecular Hbond substituents is 1. The highest BCUT2D eigenvalue weighted by Crippen LogP contribution is 2.46. The van der Waals surface area contributed by atoms with Gasteiger partial charge in [-0.05, 0) is 50.3 Å². The summed E-state index contributed by atoms with van der Waals surface area (Å²) in [4.78, 5) is 31.9. The minimum atomic E-state index is -0.0602. The van der Waals surface area contributed by atoms with Crippen LogP contribution in [0.5, 0.6) is 5.75 Å². The number of rotatable bonds is 4. The maximum Gasteiger partial charge on any atom is 0.254 e. The molecule has 2 fully saturated rings. The molecular formula is C24H29N3O3. The molecule has 2 aliphatic rings. The maximum atomic E-state index is 13.0. The number of carbonyl (C=O) groups excluding carboxylic acids is 2. The first-order valence-electron chi connectivity index (χ1n) is 10.4. The van der Waals surface area contributed by atoms with Crippen molar-refractivity contribution < 1.29 is 14.7 Å². The van der Waals surface area contributed by atoms with Gasteiger partial charge in [0.05, 0.1) is 12.6 Å². The van der Waals surface area contributed by atoms with Crippen molar-refractivity contribution in [1.82, 2.24) is 14.7 Å². The highest BCUT2D eigenvalue weighted by atomic mass is 16.3. The quantitative estimate of drug-likeness (QED) is 0.846. The van der Waals surface area contributed by atoms with Gasteiger partial charge in [-0.3, -0.25) is 9.59 Å². The first kappa shape index (κ1) is 20.4. The largest absolute Gasteiger partial charge is 0.508 e. The fourth-order valence-corrected chi connectivity index (χ4v) is 4.97. The summed E-state index contributed by atoms with van der Waals surface area (Å²) in [5, 5.41) is 9.74. The van der Waals surface area contributed by atoms with Gasteiger partial charge in [0.25, 0.3) is 5.91 Å². The molecule has 4 rings (SSSR count). The number of phenols is 1. The molecule has 0 bridgehead atoms. The maximum absolute atomic E-state index is 13.0. The highest BCUT2D eigenvalue weighted by molar-refractivity contribution is 5.94. The summed E-state index contributed by atoms with van der Waals surface area (Å²) in [6.07, 6.45) is 0. The molecule has 0 unspecified atom stereocenters. The van der Waals surface area contributed by atoms with Crippen LogP contribution >= 0.6 is 0 Å². The topological polar surface area (TPSA) is 64.1 Å². The van der Waals surface area contributed by atoms with Crippen molar-refractivity contribution in [1.29, 1.82) is 0 Å². The molecule has 6 nitrogen and oxygen atoms in total. The van der Waals surface area contributed by atoms with E-state index in [0.717, 1.165) is 0 Å². The normalized spacial score (nSPS) is 23.1. The number of amides is 2. The van der Waals surface area contributed by atoms with Crippen molar-refractivity contribution >= 4 is 11.8 Å². The fraction of sp³-hybridized carbons (Fsp3) is 0.417. The Morgan fingerprint density at radius 1 is 1.07 bits per heavy atom. The van der Waals surface area contributed by atoms with Gasteiger partial charge in [0.15, 0.2) is 0 Å². The van der Waals surface area contributed by atoms with E-state index in [2.05, 4.69) is 19.1 Å². The van der Waals surface area contributed by atoms with Crippen LogP contribution < -0.4 is 0 Å². The molecule has 0 aromatic heterocycles. The molecule has 2 heterocycles. The molecule has 1 N–H and O–H groups in total. The first-order chi connectivity index (χ1) is 14.3. The van der Waals surface area contributed by atoms with E-state index >= 15 is 0 Å². The first-order valence-corrected chi connectivity index (χ1v) is 10.4.